The third kappa shape index (κ3) is 6.66. The largest absolute Gasteiger partial charge is 0.507 e. The first-order chi connectivity index (χ1) is 13.9. The lowest BCUT2D eigenvalue weighted by Crippen LogP contribution is -2.40. The maximum atomic E-state index is 12.7. The Kier molecular flexibility index (Phi) is 8.25. The SMILES string of the molecule is CC(c1cccc(Cl)c1)N(CC(N)=O)C(=O)c1ccccc1O.c1ccccc1. The van der Waals surface area contributed by atoms with Crippen LogP contribution in [-0.4, -0.2) is 28.4 Å². The molecule has 0 saturated heterocycles. The summed E-state index contributed by atoms with van der Waals surface area (Å²) in [4.78, 5) is 25.4. The number of primary amides is 1. The number of phenolic OH excluding ortho intramolecular Hbond substituents is 1. The van der Waals surface area contributed by atoms with Gasteiger partial charge in [0.15, 0.2) is 0 Å². The average Bonchev–Trinajstić information content (AvgIpc) is 2.73. The fourth-order valence-electron chi connectivity index (χ4n) is 2.69. The Morgan fingerprint density at radius 2 is 1.55 bits per heavy atom. The monoisotopic (exact) mass is 410 g/mol. The van der Waals surface area contributed by atoms with Gasteiger partial charge >= 0.3 is 0 Å². The van der Waals surface area contributed by atoms with Gasteiger partial charge in [0.25, 0.3) is 5.91 Å². The van der Waals surface area contributed by atoms with Crippen LogP contribution in [0.2, 0.25) is 5.02 Å². The predicted molar refractivity (Wildman–Crippen MR) is 115 cm³/mol. The van der Waals surface area contributed by atoms with Crippen LogP contribution in [0.25, 0.3) is 0 Å². The summed E-state index contributed by atoms with van der Waals surface area (Å²) in [6, 6.07) is 24.7. The second kappa shape index (κ2) is 10.9. The van der Waals surface area contributed by atoms with Gasteiger partial charge in [0, 0.05) is 5.02 Å². The molecule has 0 radical (unpaired) electrons. The van der Waals surface area contributed by atoms with Crippen LogP contribution < -0.4 is 5.73 Å². The highest BCUT2D eigenvalue weighted by Crippen LogP contribution is 2.26. The zero-order valence-corrected chi connectivity index (χ0v) is 16.8. The first kappa shape index (κ1) is 22.0. The third-order valence-corrected chi connectivity index (χ3v) is 4.42. The molecule has 29 heavy (non-hydrogen) atoms. The molecule has 0 bridgehead atoms. The molecule has 2 amide bonds. The second-order valence-electron chi connectivity index (χ2n) is 6.30. The van der Waals surface area contributed by atoms with Crippen LogP contribution in [0, 0.1) is 0 Å². The third-order valence-electron chi connectivity index (χ3n) is 4.19. The minimum atomic E-state index is -0.636. The molecular weight excluding hydrogens is 388 g/mol. The van der Waals surface area contributed by atoms with Gasteiger partial charge in [-0.15, -0.1) is 0 Å². The van der Waals surface area contributed by atoms with Crippen LogP contribution in [0.3, 0.4) is 0 Å². The maximum Gasteiger partial charge on any atom is 0.258 e. The highest BCUT2D eigenvalue weighted by atomic mass is 35.5. The highest BCUT2D eigenvalue weighted by Gasteiger charge is 2.26. The molecule has 0 aliphatic rings. The van der Waals surface area contributed by atoms with Crippen LogP contribution in [0.15, 0.2) is 84.9 Å². The molecule has 1 atom stereocenters. The first-order valence-electron chi connectivity index (χ1n) is 9.03. The fraction of sp³-hybridized carbons (Fsp3) is 0.130. The Morgan fingerprint density at radius 3 is 2.07 bits per heavy atom. The predicted octanol–water partition coefficient (Wildman–Crippen LogP) is 4.42. The van der Waals surface area contributed by atoms with E-state index in [1.807, 2.05) is 42.5 Å². The Bertz CT molecular complexity index is 921. The van der Waals surface area contributed by atoms with Crippen molar-refractivity contribution < 1.29 is 14.7 Å². The average molecular weight is 411 g/mol. The Hall–Kier alpha value is -3.31. The van der Waals surface area contributed by atoms with E-state index in [1.54, 1.807) is 37.3 Å². The molecule has 0 aromatic heterocycles. The summed E-state index contributed by atoms with van der Waals surface area (Å²) in [5, 5.41) is 10.4. The number of amides is 2. The van der Waals surface area contributed by atoms with Gasteiger partial charge < -0.3 is 15.7 Å². The molecule has 0 fully saturated rings. The number of halogens is 1. The van der Waals surface area contributed by atoms with Crippen molar-refractivity contribution in [2.75, 3.05) is 6.54 Å². The molecule has 6 heteroatoms. The number of carbonyl (C=O) groups excluding carboxylic acids is 2. The van der Waals surface area contributed by atoms with Crippen molar-refractivity contribution in [3.63, 3.8) is 0 Å². The number of aromatic hydroxyl groups is 1. The van der Waals surface area contributed by atoms with E-state index in [-0.39, 0.29) is 17.9 Å². The van der Waals surface area contributed by atoms with E-state index in [2.05, 4.69) is 0 Å². The Morgan fingerprint density at radius 1 is 0.966 bits per heavy atom. The van der Waals surface area contributed by atoms with Crippen molar-refractivity contribution >= 4 is 23.4 Å². The summed E-state index contributed by atoms with van der Waals surface area (Å²) in [7, 11) is 0. The first-order valence-corrected chi connectivity index (χ1v) is 9.40. The molecule has 1 unspecified atom stereocenters. The van der Waals surface area contributed by atoms with Crippen molar-refractivity contribution in [2.24, 2.45) is 5.73 Å². The van der Waals surface area contributed by atoms with Gasteiger partial charge in [-0.05, 0) is 36.8 Å². The number of rotatable bonds is 5. The molecule has 0 heterocycles. The lowest BCUT2D eigenvalue weighted by atomic mass is 10.0. The molecule has 0 saturated carbocycles. The van der Waals surface area contributed by atoms with E-state index in [0.29, 0.717) is 5.02 Å². The highest BCUT2D eigenvalue weighted by molar-refractivity contribution is 6.30. The molecule has 0 aliphatic heterocycles. The number of nitrogens with zero attached hydrogens (tertiary/aromatic N) is 1. The molecule has 3 rings (SSSR count). The molecule has 3 aromatic rings. The van der Waals surface area contributed by atoms with Crippen LogP contribution in [0.1, 0.15) is 28.9 Å². The topological polar surface area (TPSA) is 83.6 Å². The number of nitrogens with two attached hydrogens (primary N) is 1. The molecule has 0 spiro atoms. The minimum Gasteiger partial charge on any atom is -0.507 e. The normalized spacial score (nSPS) is 11.0. The molecule has 3 aromatic carbocycles. The standard InChI is InChI=1S/C17H17ClN2O3.C6H6/c1-11(12-5-4-6-13(18)9-12)20(10-16(19)22)17(23)14-7-2-3-8-15(14)21;1-2-4-6-5-3-1/h2-9,11,21H,10H2,1H3,(H2,19,22);1-6H. The maximum absolute atomic E-state index is 12.7. The molecule has 3 N–H and O–H groups in total. The number of phenols is 1. The van der Waals surface area contributed by atoms with Gasteiger partial charge in [0.2, 0.25) is 5.91 Å². The van der Waals surface area contributed by atoms with Crippen LogP contribution >= 0.6 is 11.6 Å². The van der Waals surface area contributed by atoms with Crippen molar-refractivity contribution in [2.45, 2.75) is 13.0 Å². The smallest absolute Gasteiger partial charge is 0.258 e. The Labute approximate surface area is 175 Å². The summed E-state index contributed by atoms with van der Waals surface area (Å²) < 4.78 is 0. The van der Waals surface area contributed by atoms with Crippen LogP contribution in [0.4, 0.5) is 0 Å². The van der Waals surface area contributed by atoms with E-state index in [9.17, 15) is 14.7 Å². The summed E-state index contributed by atoms with van der Waals surface area (Å²) in [6.07, 6.45) is 0. The number of benzene rings is 3. The van der Waals surface area contributed by atoms with E-state index < -0.39 is 17.9 Å². The van der Waals surface area contributed by atoms with E-state index >= 15 is 0 Å². The van der Waals surface area contributed by atoms with Gasteiger partial charge in [0.1, 0.15) is 12.3 Å². The molecule has 150 valence electrons. The van der Waals surface area contributed by atoms with Gasteiger partial charge in [-0.1, -0.05) is 72.3 Å². The summed E-state index contributed by atoms with van der Waals surface area (Å²) in [5.74, 6) is -1.26. The molecular formula is C23H23ClN2O3. The molecule has 0 aliphatic carbocycles. The number of carbonyl (C=O) groups is 2. The number of para-hydroxylation sites is 1. The quantitative estimate of drug-likeness (QED) is 0.653. The van der Waals surface area contributed by atoms with Gasteiger partial charge in [-0.3, -0.25) is 9.59 Å². The molecule has 5 nitrogen and oxygen atoms in total. The zero-order valence-electron chi connectivity index (χ0n) is 16.0. The fourth-order valence-corrected chi connectivity index (χ4v) is 2.89. The van der Waals surface area contributed by atoms with E-state index in [0.717, 1.165) is 5.56 Å². The van der Waals surface area contributed by atoms with Gasteiger partial charge in [-0.25, -0.2) is 0 Å². The van der Waals surface area contributed by atoms with E-state index in [1.165, 1.54) is 17.0 Å². The van der Waals surface area contributed by atoms with Crippen LogP contribution in [-0.2, 0) is 4.79 Å². The summed E-state index contributed by atoms with van der Waals surface area (Å²) >= 11 is 5.99. The lowest BCUT2D eigenvalue weighted by Gasteiger charge is -2.29. The number of hydrogen-bond acceptors (Lipinski definition) is 3. The van der Waals surface area contributed by atoms with Crippen LogP contribution in [0.5, 0.6) is 5.75 Å². The number of hydrogen-bond donors (Lipinski definition) is 2. The minimum absolute atomic E-state index is 0.114. The zero-order chi connectivity index (χ0) is 21.2. The van der Waals surface area contributed by atoms with Gasteiger partial charge in [-0.2, -0.15) is 0 Å². The van der Waals surface area contributed by atoms with Crippen molar-refractivity contribution in [1.82, 2.24) is 4.90 Å². The summed E-state index contributed by atoms with van der Waals surface area (Å²) in [6.45, 7) is 1.51. The van der Waals surface area contributed by atoms with Gasteiger partial charge in [0.05, 0.1) is 11.6 Å². The van der Waals surface area contributed by atoms with Crippen molar-refractivity contribution in [3.8, 4) is 5.75 Å². The lowest BCUT2D eigenvalue weighted by molar-refractivity contribution is -0.119. The Balaban J connectivity index is 0.000000426. The second-order valence-corrected chi connectivity index (χ2v) is 6.74. The van der Waals surface area contributed by atoms with E-state index in [4.69, 9.17) is 17.3 Å². The van der Waals surface area contributed by atoms with Crippen molar-refractivity contribution in [3.05, 3.63) is 101 Å². The summed E-state index contributed by atoms with van der Waals surface area (Å²) in [5.41, 5.74) is 6.15. The van der Waals surface area contributed by atoms with Crippen molar-refractivity contribution in [1.29, 1.82) is 0 Å².